The molecule has 12 nitrogen and oxygen atoms in total. The molecule has 0 spiro atoms. The second kappa shape index (κ2) is 13.0. The number of carbonyl (C=O) groups is 4. The Balaban J connectivity index is 1.27. The number of carboxylic acid groups (broad SMARTS) is 1. The van der Waals surface area contributed by atoms with Gasteiger partial charge in [0, 0.05) is 38.1 Å². The van der Waals surface area contributed by atoms with Gasteiger partial charge in [0.1, 0.15) is 23.7 Å². The Kier molecular flexibility index (Phi) is 9.09. The van der Waals surface area contributed by atoms with Crippen LogP contribution in [0, 0.1) is 18.2 Å². The molecule has 16 heteroatoms. The van der Waals surface area contributed by atoms with Crippen molar-refractivity contribution < 1.29 is 51.3 Å². The zero-order chi connectivity index (χ0) is 36.1. The second-order valence-corrected chi connectivity index (χ2v) is 12.9. The first-order chi connectivity index (χ1) is 23.6. The number of nitrogens with zero attached hydrogens (tertiary/aromatic N) is 4. The van der Waals surface area contributed by atoms with Crippen molar-refractivity contribution in [3.63, 3.8) is 0 Å². The molecule has 4 amide bonds. The van der Waals surface area contributed by atoms with E-state index in [1.165, 1.54) is 36.4 Å². The molecule has 4 aliphatic heterocycles. The molecule has 4 aliphatic rings. The lowest BCUT2D eigenvalue weighted by Crippen LogP contribution is -2.66. The van der Waals surface area contributed by atoms with Crippen LogP contribution in [0.4, 0.5) is 33.7 Å². The van der Waals surface area contributed by atoms with E-state index in [0.717, 1.165) is 15.9 Å². The smallest absolute Gasteiger partial charge is 0.411 e. The van der Waals surface area contributed by atoms with Crippen molar-refractivity contribution in [3.05, 3.63) is 64.6 Å². The topological polar surface area (TPSA) is 141 Å². The molecule has 0 aromatic heterocycles. The summed E-state index contributed by atoms with van der Waals surface area (Å²) >= 11 is 0. The third-order valence-corrected chi connectivity index (χ3v) is 9.68. The number of amides is 4. The molecule has 50 heavy (non-hydrogen) atoms. The highest BCUT2D eigenvalue weighted by molar-refractivity contribution is 6.21. The van der Waals surface area contributed by atoms with Gasteiger partial charge in [-0.3, -0.25) is 14.6 Å². The summed E-state index contributed by atoms with van der Waals surface area (Å²) in [4.78, 5) is 60.7. The van der Waals surface area contributed by atoms with E-state index in [1.807, 2.05) is 0 Å². The van der Waals surface area contributed by atoms with Gasteiger partial charge in [0.25, 0.3) is 5.91 Å². The lowest BCUT2D eigenvalue weighted by atomic mass is 9.77. The fraction of sp³-hybridized carbons (Fsp3) is 0.441. The third-order valence-electron chi connectivity index (χ3n) is 9.68. The Morgan fingerprint density at radius 1 is 1.20 bits per heavy atom. The first-order valence-corrected chi connectivity index (χ1v) is 16.0. The van der Waals surface area contributed by atoms with Gasteiger partial charge in [-0.05, 0) is 67.7 Å². The summed E-state index contributed by atoms with van der Waals surface area (Å²) in [5.41, 5.74) is -0.454. The highest BCUT2D eigenvalue weighted by atomic mass is 19.4. The Labute approximate surface area is 284 Å². The second-order valence-electron chi connectivity index (χ2n) is 12.9. The van der Waals surface area contributed by atoms with Gasteiger partial charge in [-0.2, -0.15) is 13.2 Å². The summed E-state index contributed by atoms with van der Waals surface area (Å²) in [5, 5.41) is 12.5. The summed E-state index contributed by atoms with van der Waals surface area (Å²) in [7, 11) is 1.57. The molecule has 0 radical (unpaired) electrons. The molecular formula is C34H35F4N5O7. The van der Waals surface area contributed by atoms with Gasteiger partial charge in [0.15, 0.2) is 0 Å². The van der Waals surface area contributed by atoms with Crippen LogP contribution in [-0.2, 0) is 27.2 Å². The van der Waals surface area contributed by atoms with Crippen LogP contribution in [0.15, 0.2) is 41.5 Å². The van der Waals surface area contributed by atoms with Crippen LogP contribution in [0.25, 0.3) is 0 Å². The normalized spacial score (nSPS) is 24.0. The first-order valence-electron chi connectivity index (χ1n) is 16.0. The predicted molar refractivity (Wildman–Crippen MR) is 172 cm³/mol. The molecule has 0 bridgehead atoms. The van der Waals surface area contributed by atoms with E-state index >= 15 is 4.39 Å². The predicted octanol–water partition coefficient (Wildman–Crippen LogP) is 4.02. The number of aliphatic carboxylic acids is 1. The van der Waals surface area contributed by atoms with Gasteiger partial charge in [-0.15, -0.1) is 0 Å². The minimum atomic E-state index is -4.64. The number of ether oxygens (including phenoxy) is 2. The van der Waals surface area contributed by atoms with Crippen molar-refractivity contribution in [1.82, 2.24) is 10.2 Å². The van der Waals surface area contributed by atoms with Gasteiger partial charge >= 0.3 is 18.2 Å². The molecule has 2 unspecified atom stereocenters. The number of benzene rings is 2. The minimum absolute atomic E-state index is 0.000303. The lowest BCUT2D eigenvalue weighted by Gasteiger charge is -2.47. The molecule has 266 valence electrons. The molecule has 4 atom stereocenters. The SMILES string of the molecule is Cc1cc(N2CCOC[C@@H]2C(F)(F)F)cc(F)c1C(=O)NC(Cc1ccc(N2C(=O)N(C)C3C=NC=C[C@]3(C)C2=O)c2c1CCCO2)C(=O)O. The fourth-order valence-corrected chi connectivity index (χ4v) is 7.00. The van der Waals surface area contributed by atoms with E-state index in [0.29, 0.717) is 24.0 Å². The molecule has 2 saturated heterocycles. The third kappa shape index (κ3) is 6.05. The maximum Gasteiger partial charge on any atom is 0.411 e. The van der Waals surface area contributed by atoms with Crippen LogP contribution in [-0.4, -0.2) is 97.8 Å². The number of fused-ring (bicyclic) bond motifs is 2. The van der Waals surface area contributed by atoms with E-state index in [2.05, 4.69) is 10.3 Å². The van der Waals surface area contributed by atoms with Crippen molar-refractivity contribution in [3.8, 4) is 5.75 Å². The number of morpholine rings is 1. The molecule has 2 aromatic rings. The Morgan fingerprint density at radius 3 is 2.66 bits per heavy atom. The summed E-state index contributed by atoms with van der Waals surface area (Å²) in [6.07, 6.45) is 0.760. The average Bonchev–Trinajstić information content (AvgIpc) is 3.07. The van der Waals surface area contributed by atoms with Gasteiger partial charge in [-0.1, -0.05) is 6.07 Å². The average molecular weight is 702 g/mol. The van der Waals surface area contributed by atoms with Crippen LogP contribution in [0.5, 0.6) is 5.75 Å². The van der Waals surface area contributed by atoms with Gasteiger partial charge in [0.2, 0.25) is 5.91 Å². The van der Waals surface area contributed by atoms with Crippen LogP contribution in [0.1, 0.15) is 40.4 Å². The Bertz CT molecular complexity index is 1790. The van der Waals surface area contributed by atoms with E-state index in [-0.39, 0.29) is 48.9 Å². The van der Waals surface area contributed by atoms with Crippen LogP contribution < -0.4 is 19.9 Å². The van der Waals surface area contributed by atoms with Crippen LogP contribution >= 0.6 is 0 Å². The Hall–Kier alpha value is -4.99. The number of hydrogen-bond acceptors (Lipinski definition) is 8. The fourth-order valence-electron chi connectivity index (χ4n) is 7.00. The lowest BCUT2D eigenvalue weighted by molar-refractivity contribution is -0.167. The van der Waals surface area contributed by atoms with Crippen molar-refractivity contribution in [2.24, 2.45) is 10.4 Å². The molecule has 0 saturated carbocycles. The molecule has 2 N–H and O–H groups in total. The van der Waals surface area contributed by atoms with E-state index in [1.54, 1.807) is 26.1 Å². The van der Waals surface area contributed by atoms with Gasteiger partial charge < -0.3 is 29.7 Å². The number of aryl methyl sites for hydroxylation is 1. The number of rotatable bonds is 7. The molecule has 4 heterocycles. The standard InChI is InChI=1S/C34H35F4N5O7/c1-18-13-20(42-10-12-49-17-26(42)34(36,37)38)15-22(35)27(18)29(44)40-23(30(45)46)14-19-6-7-24(28-21(19)5-4-11-50-28)43-31(47)33(2)8-9-39-16-25(33)41(3)32(43)48/h6-9,13,15-16,23,25-26H,4-5,10-12,14,17H2,1-3H3,(H,40,44)(H,45,46)/t23?,25?,26-,33+/m1/s1. The molecule has 2 aromatic carbocycles. The number of nitrogens with one attached hydrogen (secondary N) is 1. The minimum Gasteiger partial charge on any atom is -0.491 e. The Morgan fingerprint density at radius 2 is 1.96 bits per heavy atom. The van der Waals surface area contributed by atoms with Crippen molar-refractivity contribution >= 4 is 41.4 Å². The van der Waals surface area contributed by atoms with Crippen LogP contribution in [0.2, 0.25) is 0 Å². The monoisotopic (exact) mass is 701 g/mol. The summed E-state index contributed by atoms with van der Waals surface area (Å²) < 4.78 is 67.4. The number of carbonyl (C=O) groups excluding carboxylic acids is 3. The summed E-state index contributed by atoms with van der Waals surface area (Å²) in [6, 6.07) is 0.400. The number of alkyl halides is 3. The van der Waals surface area contributed by atoms with Gasteiger partial charge in [-0.25, -0.2) is 18.9 Å². The number of anilines is 2. The number of carboxylic acids is 1. The summed E-state index contributed by atoms with van der Waals surface area (Å²) in [5.74, 6) is -3.84. The van der Waals surface area contributed by atoms with Crippen molar-refractivity contribution in [2.75, 3.05) is 43.2 Å². The molecule has 2 fully saturated rings. The van der Waals surface area contributed by atoms with Gasteiger partial charge in [0.05, 0.1) is 42.5 Å². The maximum absolute atomic E-state index is 15.4. The summed E-state index contributed by atoms with van der Waals surface area (Å²) in [6.45, 7) is 2.57. The number of aliphatic imine (C=N–C) groups is 1. The zero-order valence-electron chi connectivity index (χ0n) is 27.4. The number of imide groups is 1. The maximum atomic E-state index is 15.4. The highest BCUT2D eigenvalue weighted by Gasteiger charge is 2.53. The molecule has 6 rings (SSSR count). The zero-order valence-corrected chi connectivity index (χ0v) is 27.4. The molecular weight excluding hydrogens is 666 g/mol. The number of hydrogen-bond donors (Lipinski definition) is 2. The van der Waals surface area contributed by atoms with E-state index in [4.69, 9.17) is 9.47 Å². The van der Waals surface area contributed by atoms with E-state index < -0.39 is 71.5 Å². The number of urea groups is 1. The highest BCUT2D eigenvalue weighted by Crippen LogP contribution is 2.44. The van der Waals surface area contributed by atoms with E-state index in [9.17, 15) is 37.5 Å². The van der Waals surface area contributed by atoms with Crippen molar-refractivity contribution in [1.29, 1.82) is 0 Å². The first kappa shape index (κ1) is 34.9. The van der Waals surface area contributed by atoms with Crippen LogP contribution in [0.3, 0.4) is 0 Å². The number of halogens is 4. The quantitative estimate of drug-likeness (QED) is 0.413. The van der Waals surface area contributed by atoms with Crippen molar-refractivity contribution in [2.45, 2.75) is 57.4 Å². The largest absolute Gasteiger partial charge is 0.491 e. The molecule has 0 aliphatic carbocycles.